The number of nitrogens with zero attached hydrogens (tertiary/aromatic N) is 2. The third kappa shape index (κ3) is 8.30. The third-order valence-corrected chi connectivity index (χ3v) is 11.8. The fourth-order valence-corrected chi connectivity index (χ4v) is 9.48. The molecule has 0 unspecified atom stereocenters. The lowest BCUT2D eigenvalue weighted by molar-refractivity contribution is 0.578. The van der Waals surface area contributed by atoms with Crippen LogP contribution >= 0.6 is 15.8 Å². The number of hydrogen-bond acceptors (Lipinski definition) is 2. The van der Waals surface area contributed by atoms with Gasteiger partial charge >= 0.3 is 0 Å². The van der Waals surface area contributed by atoms with Gasteiger partial charge in [-0.1, -0.05) is 163 Å². The Kier molecular flexibility index (Phi) is 10.2. The maximum absolute atomic E-state index is 5.12. The Morgan fingerprint density at radius 1 is 0.425 bits per heavy atom. The molecule has 4 aromatic carbocycles. The van der Waals surface area contributed by atoms with Crippen molar-refractivity contribution in [2.45, 2.75) is 41.5 Å². The normalized spacial score (nSPS) is 13.2. The maximum atomic E-state index is 5.12. The molecule has 0 aromatic heterocycles. The lowest BCUT2D eigenvalue weighted by Crippen LogP contribution is -2.29. The molecular formula is C36H42N2P2. The molecule has 0 aliphatic rings. The standard InChI is InChI=1S/C36H42N2P2/c1-35(2,3)33(27-39(29-19-11-7-12-20-29)30-21-13-8-14-22-30)37-38-34(36(4,5)6)28-40(31-23-15-9-16-24-31)32-25-17-10-18-26-32/h7-26H,27-28H2,1-6H3. The van der Waals surface area contributed by atoms with Gasteiger partial charge in [-0.3, -0.25) is 0 Å². The van der Waals surface area contributed by atoms with E-state index in [1.54, 1.807) is 0 Å². The molecule has 0 heterocycles. The fraction of sp³-hybridized carbons (Fsp3) is 0.278. The van der Waals surface area contributed by atoms with Gasteiger partial charge in [0.1, 0.15) is 0 Å². The fourth-order valence-electron chi connectivity index (χ4n) is 4.35. The largest absolute Gasteiger partial charge is 0.159 e. The molecule has 4 aromatic rings. The number of hydrogen-bond donors (Lipinski definition) is 0. The topological polar surface area (TPSA) is 24.7 Å². The molecule has 0 spiro atoms. The predicted molar refractivity (Wildman–Crippen MR) is 182 cm³/mol. The highest BCUT2D eigenvalue weighted by molar-refractivity contribution is 7.74. The first-order valence-corrected chi connectivity index (χ1v) is 17.1. The summed E-state index contributed by atoms with van der Waals surface area (Å²) in [6, 6.07) is 43.6. The Bertz CT molecular complexity index is 1200. The lowest BCUT2D eigenvalue weighted by atomic mass is 9.90. The van der Waals surface area contributed by atoms with Gasteiger partial charge in [0, 0.05) is 23.2 Å². The number of benzene rings is 4. The Morgan fingerprint density at radius 2 is 0.650 bits per heavy atom. The van der Waals surface area contributed by atoms with Crippen molar-refractivity contribution in [3.63, 3.8) is 0 Å². The van der Waals surface area contributed by atoms with E-state index in [-0.39, 0.29) is 10.8 Å². The molecule has 0 fully saturated rings. The lowest BCUT2D eigenvalue weighted by Gasteiger charge is -2.28. The van der Waals surface area contributed by atoms with Crippen molar-refractivity contribution in [2.75, 3.05) is 12.3 Å². The molecule has 0 aliphatic heterocycles. The number of rotatable bonds is 9. The van der Waals surface area contributed by atoms with E-state index >= 15 is 0 Å². The summed E-state index contributed by atoms with van der Waals surface area (Å²) in [6.45, 7) is 13.6. The highest BCUT2D eigenvalue weighted by atomic mass is 31.1. The van der Waals surface area contributed by atoms with Crippen LogP contribution in [0.4, 0.5) is 0 Å². The zero-order valence-electron chi connectivity index (χ0n) is 24.8. The first-order chi connectivity index (χ1) is 19.1. The Hall–Kier alpha value is -2.92. The minimum absolute atomic E-state index is 0.0970. The molecule has 4 rings (SSSR count). The van der Waals surface area contributed by atoms with E-state index in [0.717, 1.165) is 23.7 Å². The first-order valence-electron chi connectivity index (χ1n) is 14.0. The van der Waals surface area contributed by atoms with E-state index in [1.165, 1.54) is 21.2 Å². The van der Waals surface area contributed by atoms with Gasteiger partial charge in [-0.2, -0.15) is 10.2 Å². The molecule has 0 saturated heterocycles. The summed E-state index contributed by atoms with van der Waals surface area (Å²) in [7, 11) is -1.20. The van der Waals surface area contributed by atoms with Crippen LogP contribution in [0.2, 0.25) is 0 Å². The SMILES string of the molecule is CC(C)(C)C(CP(c1ccccc1)c1ccccc1)=NN=C(CP(c1ccccc1)c1ccccc1)C(C)(C)C. The quantitative estimate of drug-likeness (QED) is 0.111. The smallest absolute Gasteiger partial charge is 0.0508 e. The third-order valence-electron chi connectivity index (χ3n) is 6.91. The predicted octanol–water partition coefficient (Wildman–Crippen LogP) is 8.14. The van der Waals surface area contributed by atoms with Crippen LogP contribution in [0.25, 0.3) is 0 Å². The summed E-state index contributed by atoms with van der Waals surface area (Å²) in [6.07, 6.45) is 1.78. The van der Waals surface area contributed by atoms with E-state index in [4.69, 9.17) is 10.2 Å². The van der Waals surface area contributed by atoms with Gasteiger partial charge in [-0.15, -0.1) is 0 Å². The van der Waals surface area contributed by atoms with Gasteiger partial charge in [0.25, 0.3) is 0 Å². The summed E-state index contributed by atoms with van der Waals surface area (Å²) >= 11 is 0. The summed E-state index contributed by atoms with van der Waals surface area (Å²) in [5, 5.41) is 15.7. The van der Waals surface area contributed by atoms with Crippen LogP contribution in [-0.2, 0) is 0 Å². The minimum Gasteiger partial charge on any atom is -0.159 e. The first kappa shape index (κ1) is 30.0. The molecular weight excluding hydrogens is 522 g/mol. The molecule has 0 radical (unpaired) electrons. The van der Waals surface area contributed by atoms with Crippen LogP contribution in [0, 0.1) is 10.8 Å². The molecule has 0 N–H and O–H groups in total. The van der Waals surface area contributed by atoms with Crippen LogP contribution in [0.5, 0.6) is 0 Å². The molecule has 4 heteroatoms. The van der Waals surface area contributed by atoms with Crippen molar-refractivity contribution in [3.8, 4) is 0 Å². The van der Waals surface area contributed by atoms with Gasteiger partial charge < -0.3 is 0 Å². The van der Waals surface area contributed by atoms with Crippen molar-refractivity contribution in [2.24, 2.45) is 21.0 Å². The van der Waals surface area contributed by atoms with Crippen molar-refractivity contribution in [1.29, 1.82) is 0 Å². The summed E-state index contributed by atoms with van der Waals surface area (Å²) < 4.78 is 0. The second-order valence-electron chi connectivity index (χ2n) is 12.1. The van der Waals surface area contributed by atoms with Crippen LogP contribution < -0.4 is 21.2 Å². The van der Waals surface area contributed by atoms with Crippen LogP contribution in [-0.4, -0.2) is 23.7 Å². The van der Waals surface area contributed by atoms with Crippen LogP contribution in [0.3, 0.4) is 0 Å². The summed E-state index contributed by atoms with van der Waals surface area (Å²) in [4.78, 5) is 0. The molecule has 0 amide bonds. The van der Waals surface area contributed by atoms with Gasteiger partial charge in [0.15, 0.2) is 0 Å². The summed E-state index contributed by atoms with van der Waals surface area (Å²) in [5.41, 5.74) is 2.11. The molecule has 40 heavy (non-hydrogen) atoms. The van der Waals surface area contributed by atoms with Gasteiger partial charge in [-0.05, 0) is 37.1 Å². The van der Waals surface area contributed by atoms with E-state index in [0.29, 0.717) is 0 Å². The van der Waals surface area contributed by atoms with Gasteiger partial charge in [-0.25, -0.2) is 0 Å². The van der Waals surface area contributed by atoms with Crippen LogP contribution in [0.1, 0.15) is 41.5 Å². The van der Waals surface area contributed by atoms with Crippen molar-refractivity contribution >= 4 is 48.5 Å². The molecule has 0 atom stereocenters. The molecule has 0 bridgehead atoms. The monoisotopic (exact) mass is 564 g/mol. The summed E-state index contributed by atoms with van der Waals surface area (Å²) in [5.74, 6) is 0. The Labute approximate surface area is 244 Å². The molecule has 0 aliphatic carbocycles. The molecule has 2 nitrogen and oxygen atoms in total. The van der Waals surface area contributed by atoms with Crippen LogP contribution in [0.15, 0.2) is 132 Å². The second kappa shape index (κ2) is 13.6. The highest BCUT2D eigenvalue weighted by Gasteiger charge is 2.27. The average molecular weight is 565 g/mol. The van der Waals surface area contributed by atoms with E-state index in [2.05, 4.69) is 163 Å². The second-order valence-corrected chi connectivity index (χ2v) is 16.5. The Balaban J connectivity index is 1.75. The molecule has 206 valence electrons. The molecule has 0 saturated carbocycles. The average Bonchev–Trinajstić information content (AvgIpc) is 2.95. The minimum atomic E-state index is -0.598. The highest BCUT2D eigenvalue weighted by Crippen LogP contribution is 2.38. The van der Waals surface area contributed by atoms with E-state index in [9.17, 15) is 0 Å². The van der Waals surface area contributed by atoms with Gasteiger partial charge in [0.05, 0.1) is 11.4 Å². The van der Waals surface area contributed by atoms with E-state index in [1.807, 2.05) is 0 Å². The zero-order valence-corrected chi connectivity index (χ0v) is 26.5. The Morgan fingerprint density at radius 3 is 0.850 bits per heavy atom. The van der Waals surface area contributed by atoms with Crippen molar-refractivity contribution in [3.05, 3.63) is 121 Å². The zero-order chi connectivity index (χ0) is 28.6. The van der Waals surface area contributed by atoms with E-state index < -0.39 is 15.8 Å². The van der Waals surface area contributed by atoms with Crippen molar-refractivity contribution in [1.82, 2.24) is 0 Å². The van der Waals surface area contributed by atoms with Crippen molar-refractivity contribution < 1.29 is 0 Å². The van der Waals surface area contributed by atoms with Gasteiger partial charge in [0.2, 0.25) is 0 Å². The maximum Gasteiger partial charge on any atom is 0.0508 e.